The first kappa shape index (κ1) is 18.9. The Morgan fingerprint density at radius 3 is 1.47 bits per heavy atom. The lowest BCUT2D eigenvalue weighted by molar-refractivity contribution is -0.0701. The molecule has 19 heavy (non-hydrogen) atoms. The minimum Gasteiger partial charge on any atom is -0.267 e. The molecule has 0 aromatic rings. The van der Waals surface area contributed by atoms with Crippen LogP contribution in [-0.2, 0) is 14.3 Å². The van der Waals surface area contributed by atoms with Crippen molar-refractivity contribution in [2.45, 2.75) is 63.6 Å². The first-order valence-corrected chi connectivity index (χ1v) is 10.0. The van der Waals surface area contributed by atoms with E-state index in [2.05, 4.69) is 0 Å². The highest BCUT2D eigenvalue weighted by atomic mass is 32.2. The lowest BCUT2D eigenvalue weighted by atomic mass is 10.4. The van der Waals surface area contributed by atoms with Gasteiger partial charge >= 0.3 is 5.80 Å². The summed E-state index contributed by atoms with van der Waals surface area (Å²) in [6, 6.07) is 0. The minimum atomic E-state index is -4.44. The average molecular weight is 320 g/mol. The fourth-order valence-corrected chi connectivity index (χ4v) is 11.4. The van der Waals surface area contributed by atoms with Crippen LogP contribution in [0.1, 0.15) is 41.5 Å². The van der Waals surface area contributed by atoms with E-state index in [4.69, 9.17) is 4.18 Å². The van der Waals surface area contributed by atoms with Crippen molar-refractivity contribution in [1.82, 2.24) is 0 Å². The fourth-order valence-electron chi connectivity index (χ4n) is 3.50. The Labute approximate surface area is 114 Å². The monoisotopic (exact) mass is 320 g/mol. The Morgan fingerprint density at radius 1 is 1.00 bits per heavy atom. The molecule has 0 spiro atoms. The summed E-state index contributed by atoms with van der Waals surface area (Å²) < 4.78 is 68.7. The van der Waals surface area contributed by atoms with Crippen LogP contribution < -0.4 is 0 Å². The molecule has 0 aromatic carbocycles. The van der Waals surface area contributed by atoms with E-state index >= 15 is 0 Å². The zero-order valence-electron chi connectivity index (χ0n) is 12.4. The standard InChI is InChI=1S/C11H23F3O3SSi/c1-8(2)19(9(3)4,11(12,13)14)10(5,6)17-18(7,15)16/h8-9H,1-7H3. The summed E-state index contributed by atoms with van der Waals surface area (Å²) in [7, 11) is -8.05. The molecule has 0 aromatic heterocycles. The van der Waals surface area contributed by atoms with E-state index in [0.29, 0.717) is 0 Å². The number of hydrogen-bond donors (Lipinski definition) is 0. The fraction of sp³-hybridized carbons (Fsp3) is 1.00. The molecule has 116 valence electrons. The van der Waals surface area contributed by atoms with Crippen molar-refractivity contribution in [3.63, 3.8) is 0 Å². The van der Waals surface area contributed by atoms with Crippen LogP contribution in [0.3, 0.4) is 0 Å². The van der Waals surface area contributed by atoms with Crippen LogP contribution in [0.15, 0.2) is 0 Å². The second-order valence-electron chi connectivity index (χ2n) is 5.97. The molecule has 0 fully saturated rings. The normalized spacial score (nSPS) is 15.4. The minimum absolute atomic E-state index is 0.691. The molecule has 3 nitrogen and oxygen atoms in total. The maximum Gasteiger partial charge on any atom is 0.365 e. The zero-order valence-corrected chi connectivity index (χ0v) is 14.2. The summed E-state index contributed by atoms with van der Waals surface area (Å²) in [6.07, 6.45) is 0.783. The van der Waals surface area contributed by atoms with Crippen molar-refractivity contribution < 1.29 is 25.8 Å². The van der Waals surface area contributed by atoms with E-state index in [9.17, 15) is 21.6 Å². The van der Waals surface area contributed by atoms with Crippen LogP contribution in [0, 0.1) is 0 Å². The van der Waals surface area contributed by atoms with E-state index in [1.807, 2.05) is 0 Å². The number of rotatable bonds is 5. The zero-order chi connectivity index (χ0) is 15.9. The molecule has 0 heterocycles. The molecule has 0 amide bonds. The van der Waals surface area contributed by atoms with Crippen LogP contribution >= 0.6 is 0 Å². The summed E-state index contributed by atoms with van der Waals surface area (Å²) in [5.74, 6) is -4.44. The first-order chi connectivity index (χ1) is 8.09. The van der Waals surface area contributed by atoms with Crippen LogP contribution in [-0.4, -0.2) is 33.8 Å². The van der Waals surface area contributed by atoms with Gasteiger partial charge in [0.1, 0.15) is 0 Å². The molecule has 0 saturated carbocycles. The molecule has 0 saturated heterocycles. The summed E-state index contributed by atoms with van der Waals surface area (Å²) in [5.41, 5.74) is -1.38. The van der Waals surface area contributed by atoms with Crippen molar-refractivity contribution in [2.75, 3.05) is 6.26 Å². The third-order valence-electron chi connectivity index (χ3n) is 3.65. The smallest absolute Gasteiger partial charge is 0.267 e. The van der Waals surface area contributed by atoms with Gasteiger partial charge in [0.15, 0.2) is 0 Å². The molecular weight excluding hydrogens is 297 g/mol. The third kappa shape index (κ3) is 3.52. The topological polar surface area (TPSA) is 43.4 Å². The molecular formula is C11H23F3O3SSi. The van der Waals surface area contributed by atoms with E-state index in [-0.39, 0.29) is 0 Å². The van der Waals surface area contributed by atoms with Gasteiger partial charge in [-0.1, -0.05) is 27.7 Å². The lowest BCUT2D eigenvalue weighted by Gasteiger charge is -2.49. The van der Waals surface area contributed by atoms with Gasteiger partial charge in [0.2, 0.25) is 8.07 Å². The van der Waals surface area contributed by atoms with E-state index in [1.165, 1.54) is 41.5 Å². The Balaban J connectivity index is 6.14. The van der Waals surface area contributed by atoms with E-state index < -0.39 is 40.3 Å². The average Bonchev–Trinajstić information content (AvgIpc) is 1.91. The van der Waals surface area contributed by atoms with Crippen molar-refractivity contribution >= 4 is 18.2 Å². The van der Waals surface area contributed by atoms with Gasteiger partial charge in [-0.05, 0) is 24.9 Å². The second-order valence-corrected chi connectivity index (χ2v) is 13.4. The highest BCUT2D eigenvalue weighted by molar-refractivity contribution is 7.86. The van der Waals surface area contributed by atoms with Crippen LogP contribution in [0.25, 0.3) is 0 Å². The predicted octanol–water partition coefficient (Wildman–Crippen LogP) is 3.65. The van der Waals surface area contributed by atoms with Crippen molar-refractivity contribution in [3.8, 4) is 0 Å². The van der Waals surface area contributed by atoms with Crippen molar-refractivity contribution in [2.24, 2.45) is 0 Å². The van der Waals surface area contributed by atoms with Crippen molar-refractivity contribution in [1.29, 1.82) is 0 Å². The molecule has 0 unspecified atom stereocenters. The van der Waals surface area contributed by atoms with Gasteiger partial charge in [0.05, 0.1) is 11.5 Å². The van der Waals surface area contributed by atoms with Gasteiger partial charge in [-0.3, -0.25) is 4.18 Å². The molecule has 8 heteroatoms. The lowest BCUT2D eigenvalue weighted by Crippen LogP contribution is -2.70. The molecule has 0 atom stereocenters. The van der Waals surface area contributed by atoms with Crippen LogP contribution in [0.2, 0.25) is 11.1 Å². The van der Waals surface area contributed by atoms with Crippen LogP contribution in [0.4, 0.5) is 13.2 Å². The van der Waals surface area contributed by atoms with Gasteiger partial charge in [-0.15, -0.1) is 0 Å². The predicted molar refractivity (Wildman–Crippen MR) is 72.0 cm³/mol. The van der Waals surface area contributed by atoms with Gasteiger partial charge < -0.3 is 0 Å². The van der Waals surface area contributed by atoms with Gasteiger partial charge in [0, 0.05) is 0 Å². The van der Waals surface area contributed by atoms with E-state index in [1.54, 1.807) is 0 Å². The number of alkyl halides is 3. The summed E-state index contributed by atoms with van der Waals surface area (Å²) >= 11 is 0. The maximum absolute atomic E-state index is 13.7. The highest BCUT2D eigenvalue weighted by Crippen LogP contribution is 2.52. The molecule has 0 aliphatic carbocycles. The molecule has 0 radical (unpaired) electrons. The Kier molecular flexibility index (Phi) is 5.34. The van der Waals surface area contributed by atoms with E-state index in [0.717, 1.165) is 6.26 Å². The number of hydrogen-bond acceptors (Lipinski definition) is 3. The largest absolute Gasteiger partial charge is 0.365 e. The molecule has 0 N–H and O–H groups in total. The Bertz CT molecular complexity index is 405. The second kappa shape index (κ2) is 5.36. The molecule has 0 aliphatic rings. The van der Waals surface area contributed by atoms with Crippen LogP contribution in [0.5, 0.6) is 0 Å². The van der Waals surface area contributed by atoms with Gasteiger partial charge in [-0.25, -0.2) is 0 Å². The SMILES string of the molecule is CC(C)[Si](C(C)C)(C(F)(F)F)C(C)(C)OS(C)(=O)=O. The first-order valence-electron chi connectivity index (χ1n) is 6.07. The third-order valence-corrected chi connectivity index (χ3v) is 11.2. The van der Waals surface area contributed by atoms with Gasteiger partial charge in [-0.2, -0.15) is 21.6 Å². The summed E-state index contributed by atoms with van der Waals surface area (Å²) in [6.45, 7) is 8.46. The molecule has 0 rings (SSSR count). The highest BCUT2D eigenvalue weighted by Gasteiger charge is 2.70. The Hall–Kier alpha value is -0.0831. The summed E-state index contributed by atoms with van der Waals surface area (Å²) in [5, 5.41) is -1.75. The van der Waals surface area contributed by atoms with Crippen molar-refractivity contribution in [3.05, 3.63) is 0 Å². The quantitative estimate of drug-likeness (QED) is 0.573. The molecule has 0 bridgehead atoms. The Morgan fingerprint density at radius 2 is 1.32 bits per heavy atom. The summed E-state index contributed by atoms with van der Waals surface area (Å²) in [4.78, 5) is 0. The number of halogens is 3. The maximum atomic E-state index is 13.7. The molecule has 0 aliphatic heterocycles. The van der Waals surface area contributed by atoms with Gasteiger partial charge in [0.25, 0.3) is 10.1 Å².